The normalized spacial score (nSPS) is 16.6. The minimum atomic E-state index is -0.607. The number of amides is 2. The molecule has 0 saturated carbocycles. The van der Waals surface area contributed by atoms with Crippen LogP contribution in [0.4, 0.5) is 4.79 Å². The van der Waals surface area contributed by atoms with Crippen LogP contribution in [0.25, 0.3) is 22.4 Å². The van der Waals surface area contributed by atoms with E-state index in [2.05, 4.69) is 5.10 Å². The highest BCUT2D eigenvalue weighted by Gasteiger charge is 2.29. The first kappa shape index (κ1) is 20.0. The minimum absolute atomic E-state index is 0.152. The smallest absolute Gasteiger partial charge is 0.302 e. The molecule has 0 bridgehead atoms. The summed E-state index contributed by atoms with van der Waals surface area (Å²) in [6, 6.07) is 13.6. The molecule has 1 aliphatic rings. The molecule has 0 saturated heterocycles. The third kappa shape index (κ3) is 3.63. The van der Waals surface area contributed by atoms with Gasteiger partial charge in [-0.05, 0) is 31.2 Å². The van der Waals surface area contributed by atoms with Gasteiger partial charge >= 0.3 is 5.24 Å². The van der Waals surface area contributed by atoms with E-state index >= 15 is 0 Å². The Labute approximate surface area is 177 Å². The molecule has 9 heteroatoms. The summed E-state index contributed by atoms with van der Waals surface area (Å²) in [5.74, 6) is 0.978. The van der Waals surface area contributed by atoms with Crippen LogP contribution in [0.2, 0.25) is 0 Å². The molecule has 0 aliphatic carbocycles. The Hall–Kier alpha value is -3.33. The second kappa shape index (κ2) is 7.83. The number of rotatable bonds is 5. The number of hydrogen-bond donors (Lipinski definition) is 1. The summed E-state index contributed by atoms with van der Waals surface area (Å²) < 4.78 is 7.35. The fourth-order valence-electron chi connectivity index (χ4n) is 3.44. The average Bonchev–Trinajstić information content (AvgIpc) is 3.05. The highest BCUT2D eigenvalue weighted by Crippen LogP contribution is 2.30. The predicted molar refractivity (Wildman–Crippen MR) is 118 cm³/mol. The molecule has 0 spiro atoms. The van der Waals surface area contributed by atoms with Gasteiger partial charge in [0.05, 0.1) is 29.1 Å². The van der Waals surface area contributed by atoms with E-state index in [1.54, 1.807) is 7.11 Å². The lowest BCUT2D eigenvalue weighted by molar-refractivity contribution is -0.118. The monoisotopic (exact) mass is 423 g/mol. The number of aromatic nitrogens is 2. The number of carbonyl (C=O) groups excluding carboxylic acids is 2. The second-order valence-electron chi connectivity index (χ2n) is 6.97. The van der Waals surface area contributed by atoms with Crippen molar-refractivity contribution in [2.75, 3.05) is 13.7 Å². The van der Waals surface area contributed by atoms with Gasteiger partial charge in [0.2, 0.25) is 5.91 Å². The van der Waals surface area contributed by atoms with Gasteiger partial charge in [-0.3, -0.25) is 9.59 Å². The quantitative estimate of drug-likeness (QED) is 0.680. The van der Waals surface area contributed by atoms with Crippen LogP contribution in [-0.2, 0) is 11.8 Å². The molecule has 1 aromatic heterocycles. The Morgan fingerprint density at radius 2 is 2.03 bits per heavy atom. The fourth-order valence-corrected chi connectivity index (χ4v) is 4.26. The molecule has 4 rings (SSSR count). The lowest BCUT2D eigenvalue weighted by atomic mass is 10.1. The van der Waals surface area contributed by atoms with Crippen LogP contribution in [0.1, 0.15) is 12.5 Å². The topological polar surface area (TPSA) is 103 Å². The van der Waals surface area contributed by atoms with Crippen molar-refractivity contribution >= 4 is 39.7 Å². The van der Waals surface area contributed by atoms with Crippen molar-refractivity contribution in [3.63, 3.8) is 0 Å². The van der Waals surface area contributed by atoms with Gasteiger partial charge in [-0.15, -0.1) is 0 Å². The molecule has 154 valence electrons. The number of imidazole rings is 1. The van der Waals surface area contributed by atoms with E-state index in [0.29, 0.717) is 5.71 Å². The van der Waals surface area contributed by atoms with Crippen molar-refractivity contribution in [3.8, 4) is 17.1 Å². The number of carbonyl (C=O) groups is 2. The summed E-state index contributed by atoms with van der Waals surface area (Å²) >= 11 is 1.12. The van der Waals surface area contributed by atoms with E-state index in [1.807, 2.05) is 61.0 Å². The molecule has 3 aromatic rings. The number of aryl methyl sites for hydroxylation is 1. The number of hydrogen-bond acceptors (Lipinski definition) is 6. The van der Waals surface area contributed by atoms with E-state index in [1.165, 1.54) is 0 Å². The number of ether oxygens (including phenoxy) is 1. The third-order valence-corrected chi connectivity index (χ3v) is 5.90. The maximum atomic E-state index is 12.1. The van der Waals surface area contributed by atoms with E-state index in [4.69, 9.17) is 15.5 Å². The van der Waals surface area contributed by atoms with Crippen LogP contribution in [-0.4, -0.2) is 50.3 Å². The number of thioether (sulfide) groups is 1. The molecule has 2 N–H and O–H groups in total. The maximum absolute atomic E-state index is 12.1. The molecular weight excluding hydrogens is 402 g/mol. The number of primary amides is 1. The first-order valence-electron chi connectivity index (χ1n) is 9.33. The molecule has 1 aliphatic heterocycles. The molecule has 0 radical (unpaired) electrons. The standard InChI is InChI=1S/C21H21N5O3S/c1-12-19(24-26(11-18(22)27)21(28)30-12)13-7-8-17-16(10-13)23-20(25(17)2)14-5-4-6-15(9-14)29-3/h4-10,12H,11H2,1-3H3,(H2,22,27). The SMILES string of the molecule is COc1cccc(-c2nc3cc(C4=NN(CC(N)=O)C(=O)SC4C)ccc3n2C)c1. The summed E-state index contributed by atoms with van der Waals surface area (Å²) in [5, 5.41) is 5.08. The van der Waals surface area contributed by atoms with Gasteiger partial charge in [0.25, 0.3) is 0 Å². The van der Waals surface area contributed by atoms with Crippen molar-refractivity contribution in [2.24, 2.45) is 17.9 Å². The average molecular weight is 423 g/mol. The van der Waals surface area contributed by atoms with Crippen LogP contribution in [0.3, 0.4) is 0 Å². The lowest BCUT2D eigenvalue weighted by Crippen LogP contribution is -2.39. The molecule has 1 unspecified atom stereocenters. The lowest BCUT2D eigenvalue weighted by Gasteiger charge is -2.26. The fraction of sp³-hybridized carbons (Fsp3) is 0.238. The first-order valence-corrected chi connectivity index (χ1v) is 10.2. The molecule has 2 heterocycles. The Morgan fingerprint density at radius 1 is 1.23 bits per heavy atom. The number of fused-ring (bicyclic) bond motifs is 1. The van der Waals surface area contributed by atoms with Gasteiger partial charge in [-0.1, -0.05) is 30.0 Å². The van der Waals surface area contributed by atoms with Gasteiger partial charge in [0.15, 0.2) is 0 Å². The summed E-state index contributed by atoms with van der Waals surface area (Å²) in [6.07, 6.45) is 0. The Morgan fingerprint density at radius 3 is 2.77 bits per heavy atom. The van der Waals surface area contributed by atoms with Crippen LogP contribution in [0.5, 0.6) is 5.75 Å². The van der Waals surface area contributed by atoms with Crippen molar-refractivity contribution in [1.82, 2.24) is 14.6 Å². The first-order chi connectivity index (χ1) is 14.4. The zero-order valence-electron chi connectivity index (χ0n) is 16.8. The van der Waals surface area contributed by atoms with Crippen molar-refractivity contribution in [1.29, 1.82) is 0 Å². The summed E-state index contributed by atoms with van der Waals surface area (Å²) in [5.41, 5.74) is 9.53. The highest BCUT2D eigenvalue weighted by molar-refractivity contribution is 8.14. The molecule has 2 aromatic carbocycles. The van der Waals surface area contributed by atoms with Crippen LogP contribution in [0, 0.1) is 0 Å². The molecule has 0 fully saturated rings. The van der Waals surface area contributed by atoms with Crippen LogP contribution >= 0.6 is 11.8 Å². The van der Waals surface area contributed by atoms with Gasteiger partial charge in [-0.25, -0.2) is 9.99 Å². The predicted octanol–water partition coefficient (Wildman–Crippen LogP) is 3.00. The molecule has 1 atom stereocenters. The Kier molecular flexibility index (Phi) is 5.21. The molecule has 2 amide bonds. The molecule has 8 nitrogen and oxygen atoms in total. The summed E-state index contributed by atoms with van der Waals surface area (Å²) in [4.78, 5) is 28.2. The van der Waals surface area contributed by atoms with Gasteiger partial charge in [0.1, 0.15) is 18.1 Å². The third-order valence-electron chi connectivity index (χ3n) is 4.91. The number of methoxy groups -OCH3 is 1. The van der Waals surface area contributed by atoms with Crippen LogP contribution in [0.15, 0.2) is 47.6 Å². The Balaban J connectivity index is 1.76. The molecular formula is C21H21N5O3S. The largest absolute Gasteiger partial charge is 0.497 e. The van der Waals surface area contributed by atoms with E-state index in [0.717, 1.165) is 50.5 Å². The molecule has 30 heavy (non-hydrogen) atoms. The zero-order valence-corrected chi connectivity index (χ0v) is 17.6. The van der Waals surface area contributed by atoms with Gasteiger partial charge < -0.3 is 15.0 Å². The van der Waals surface area contributed by atoms with Crippen molar-refractivity contribution in [3.05, 3.63) is 48.0 Å². The van der Waals surface area contributed by atoms with Gasteiger partial charge in [-0.2, -0.15) is 5.10 Å². The Bertz CT molecular complexity index is 1190. The van der Waals surface area contributed by atoms with E-state index in [9.17, 15) is 9.59 Å². The number of nitrogens with zero attached hydrogens (tertiary/aromatic N) is 4. The van der Waals surface area contributed by atoms with Crippen LogP contribution < -0.4 is 10.5 Å². The summed E-state index contributed by atoms with van der Waals surface area (Å²) in [6.45, 7) is 1.67. The highest BCUT2D eigenvalue weighted by atomic mass is 32.2. The number of hydrazone groups is 1. The number of nitrogens with two attached hydrogens (primary N) is 1. The number of benzene rings is 2. The zero-order chi connectivity index (χ0) is 21.4. The minimum Gasteiger partial charge on any atom is -0.497 e. The van der Waals surface area contributed by atoms with E-state index < -0.39 is 5.91 Å². The van der Waals surface area contributed by atoms with E-state index in [-0.39, 0.29) is 17.0 Å². The van der Waals surface area contributed by atoms with Crippen molar-refractivity contribution < 1.29 is 14.3 Å². The summed E-state index contributed by atoms with van der Waals surface area (Å²) in [7, 11) is 3.60. The maximum Gasteiger partial charge on any atom is 0.302 e. The second-order valence-corrected chi connectivity index (χ2v) is 8.26. The van der Waals surface area contributed by atoms with Crippen molar-refractivity contribution in [2.45, 2.75) is 12.2 Å². The van der Waals surface area contributed by atoms with Gasteiger partial charge in [0, 0.05) is 18.2 Å².